The van der Waals surface area contributed by atoms with Gasteiger partial charge in [0.15, 0.2) is 0 Å². The maximum atomic E-state index is 5.58. The number of hydrogen-bond donors (Lipinski definition) is 1. The quantitative estimate of drug-likeness (QED) is 0.711. The minimum Gasteiger partial charge on any atom is -0.494 e. The molecule has 0 radical (unpaired) electrons. The molecule has 0 aliphatic carbocycles. The second kappa shape index (κ2) is 7.53. The lowest BCUT2D eigenvalue weighted by Gasteiger charge is -2.09. The summed E-state index contributed by atoms with van der Waals surface area (Å²) in [6, 6.07) is 14.7. The number of ether oxygens (including phenoxy) is 1. The minimum atomic E-state index is 0.777. The zero-order chi connectivity index (χ0) is 14.4. The maximum absolute atomic E-state index is 5.58. The molecule has 0 heterocycles. The molecule has 106 valence electrons. The number of anilines is 1. The summed E-state index contributed by atoms with van der Waals surface area (Å²) in [5.41, 5.74) is 3.73. The van der Waals surface area contributed by atoms with Crippen molar-refractivity contribution in [3.63, 3.8) is 0 Å². The van der Waals surface area contributed by atoms with Gasteiger partial charge in [-0.25, -0.2) is 0 Å². The molecule has 0 aliphatic rings. The lowest BCUT2D eigenvalue weighted by molar-refractivity contribution is 0.317. The van der Waals surface area contributed by atoms with E-state index in [2.05, 4.69) is 72.1 Å². The fourth-order valence-corrected chi connectivity index (χ4v) is 2.35. The van der Waals surface area contributed by atoms with Crippen LogP contribution in [0.1, 0.15) is 24.5 Å². The number of rotatable bonds is 6. The highest BCUT2D eigenvalue weighted by molar-refractivity contribution is 14.1. The minimum absolute atomic E-state index is 0.777. The first-order valence-electron chi connectivity index (χ1n) is 6.91. The lowest BCUT2D eigenvalue weighted by Crippen LogP contribution is -2.00. The van der Waals surface area contributed by atoms with Crippen LogP contribution in [0.2, 0.25) is 0 Å². The Morgan fingerprint density at radius 2 is 1.85 bits per heavy atom. The van der Waals surface area contributed by atoms with Gasteiger partial charge in [-0.3, -0.25) is 0 Å². The molecule has 0 aromatic heterocycles. The largest absolute Gasteiger partial charge is 0.494 e. The van der Waals surface area contributed by atoms with Crippen LogP contribution in [0.4, 0.5) is 5.69 Å². The Balaban J connectivity index is 1.91. The number of halogens is 1. The molecule has 2 nitrogen and oxygen atoms in total. The van der Waals surface area contributed by atoms with E-state index in [1.54, 1.807) is 0 Å². The molecule has 2 aromatic rings. The monoisotopic (exact) mass is 381 g/mol. The Labute approximate surface area is 134 Å². The van der Waals surface area contributed by atoms with Gasteiger partial charge in [0.1, 0.15) is 5.75 Å². The predicted octanol–water partition coefficient (Wildman–Crippen LogP) is 5.00. The number of benzene rings is 2. The highest BCUT2D eigenvalue weighted by Crippen LogP contribution is 2.18. The van der Waals surface area contributed by atoms with Crippen LogP contribution in [0.3, 0.4) is 0 Å². The fourth-order valence-electron chi connectivity index (χ4n) is 1.83. The second-order valence-electron chi connectivity index (χ2n) is 4.81. The van der Waals surface area contributed by atoms with Crippen molar-refractivity contribution < 1.29 is 4.74 Å². The van der Waals surface area contributed by atoms with Crippen molar-refractivity contribution in [2.45, 2.75) is 26.8 Å². The number of hydrogen-bond acceptors (Lipinski definition) is 2. The molecular formula is C17H20INO. The molecule has 0 spiro atoms. The van der Waals surface area contributed by atoms with Gasteiger partial charge < -0.3 is 10.1 Å². The summed E-state index contributed by atoms with van der Waals surface area (Å²) in [6.45, 7) is 5.84. The van der Waals surface area contributed by atoms with E-state index < -0.39 is 0 Å². The van der Waals surface area contributed by atoms with E-state index in [0.29, 0.717) is 0 Å². The van der Waals surface area contributed by atoms with Gasteiger partial charge in [0, 0.05) is 15.8 Å². The molecule has 1 N–H and O–H groups in total. The molecular weight excluding hydrogens is 361 g/mol. The second-order valence-corrected chi connectivity index (χ2v) is 5.97. The molecule has 0 atom stereocenters. The van der Waals surface area contributed by atoms with Crippen LogP contribution in [-0.2, 0) is 6.54 Å². The molecule has 0 fully saturated rings. The first-order valence-corrected chi connectivity index (χ1v) is 7.98. The normalized spacial score (nSPS) is 10.3. The summed E-state index contributed by atoms with van der Waals surface area (Å²) in [7, 11) is 0. The third-order valence-corrected chi connectivity index (χ3v) is 4.23. The molecule has 0 saturated carbocycles. The van der Waals surface area contributed by atoms with Gasteiger partial charge in [-0.15, -0.1) is 0 Å². The first-order chi connectivity index (χ1) is 9.69. The van der Waals surface area contributed by atoms with E-state index in [1.807, 2.05) is 12.1 Å². The summed E-state index contributed by atoms with van der Waals surface area (Å²) < 4.78 is 6.87. The molecule has 0 aliphatic heterocycles. The van der Waals surface area contributed by atoms with Gasteiger partial charge in [0.2, 0.25) is 0 Å². The maximum Gasteiger partial charge on any atom is 0.119 e. The summed E-state index contributed by atoms with van der Waals surface area (Å²) >= 11 is 2.36. The van der Waals surface area contributed by atoms with Crippen molar-refractivity contribution in [1.82, 2.24) is 0 Å². The lowest BCUT2D eigenvalue weighted by atomic mass is 10.2. The Morgan fingerprint density at radius 1 is 1.10 bits per heavy atom. The predicted molar refractivity (Wildman–Crippen MR) is 93.5 cm³/mol. The van der Waals surface area contributed by atoms with Crippen LogP contribution in [0.15, 0.2) is 42.5 Å². The zero-order valence-electron chi connectivity index (χ0n) is 11.9. The van der Waals surface area contributed by atoms with E-state index >= 15 is 0 Å². The topological polar surface area (TPSA) is 21.3 Å². The van der Waals surface area contributed by atoms with Crippen LogP contribution >= 0.6 is 22.6 Å². The van der Waals surface area contributed by atoms with Crippen LogP contribution in [-0.4, -0.2) is 6.61 Å². The van der Waals surface area contributed by atoms with Crippen molar-refractivity contribution in [2.24, 2.45) is 0 Å². The highest BCUT2D eigenvalue weighted by atomic mass is 127. The molecule has 0 saturated heterocycles. The fraction of sp³-hybridized carbons (Fsp3) is 0.294. The Bertz CT molecular complexity index is 551. The van der Waals surface area contributed by atoms with E-state index in [9.17, 15) is 0 Å². The van der Waals surface area contributed by atoms with Crippen molar-refractivity contribution in [1.29, 1.82) is 0 Å². The Morgan fingerprint density at radius 3 is 2.50 bits per heavy atom. The average molecular weight is 381 g/mol. The SMILES string of the molecule is CCCOc1ccc(CNc2ccc(C)c(I)c2)cc1. The van der Waals surface area contributed by atoms with E-state index in [1.165, 1.54) is 14.7 Å². The van der Waals surface area contributed by atoms with Crippen LogP contribution < -0.4 is 10.1 Å². The number of nitrogens with one attached hydrogen (secondary N) is 1. The summed E-state index contributed by atoms with van der Waals surface area (Å²) in [6.07, 6.45) is 1.04. The van der Waals surface area contributed by atoms with Gasteiger partial charge >= 0.3 is 0 Å². The van der Waals surface area contributed by atoms with Crippen LogP contribution in [0.5, 0.6) is 5.75 Å². The van der Waals surface area contributed by atoms with Gasteiger partial charge in [-0.1, -0.05) is 25.1 Å². The van der Waals surface area contributed by atoms with Gasteiger partial charge in [-0.05, 0) is 71.3 Å². The smallest absolute Gasteiger partial charge is 0.119 e. The first kappa shape index (κ1) is 15.2. The molecule has 3 heteroatoms. The standard InChI is InChI=1S/C17H20INO/c1-3-10-20-16-8-5-14(6-9-16)12-19-15-7-4-13(2)17(18)11-15/h4-9,11,19H,3,10,12H2,1-2H3. The van der Waals surface area contributed by atoms with E-state index in [-0.39, 0.29) is 0 Å². The highest BCUT2D eigenvalue weighted by Gasteiger charge is 1.99. The van der Waals surface area contributed by atoms with Crippen LogP contribution in [0, 0.1) is 10.5 Å². The molecule has 0 unspecified atom stereocenters. The molecule has 0 amide bonds. The summed E-state index contributed by atoms with van der Waals surface area (Å²) in [4.78, 5) is 0. The third kappa shape index (κ3) is 4.40. The van der Waals surface area contributed by atoms with Crippen molar-refractivity contribution in [3.05, 3.63) is 57.2 Å². The Hall–Kier alpha value is -1.23. The molecule has 2 aromatic carbocycles. The van der Waals surface area contributed by atoms with Gasteiger partial charge in [0.25, 0.3) is 0 Å². The van der Waals surface area contributed by atoms with Crippen molar-refractivity contribution in [3.8, 4) is 5.75 Å². The van der Waals surface area contributed by atoms with E-state index in [4.69, 9.17) is 4.74 Å². The van der Waals surface area contributed by atoms with Gasteiger partial charge in [0.05, 0.1) is 6.61 Å². The summed E-state index contributed by atoms with van der Waals surface area (Å²) in [5, 5.41) is 3.45. The van der Waals surface area contributed by atoms with E-state index in [0.717, 1.165) is 31.0 Å². The molecule has 20 heavy (non-hydrogen) atoms. The summed E-state index contributed by atoms with van der Waals surface area (Å²) in [5.74, 6) is 0.945. The number of aryl methyl sites for hydroxylation is 1. The third-order valence-electron chi connectivity index (χ3n) is 3.06. The molecule has 2 rings (SSSR count). The average Bonchev–Trinajstić information content (AvgIpc) is 2.47. The molecule has 0 bridgehead atoms. The van der Waals surface area contributed by atoms with Crippen LogP contribution in [0.25, 0.3) is 0 Å². The Kier molecular flexibility index (Phi) is 5.71. The van der Waals surface area contributed by atoms with Crippen molar-refractivity contribution in [2.75, 3.05) is 11.9 Å². The van der Waals surface area contributed by atoms with Gasteiger partial charge in [-0.2, -0.15) is 0 Å². The zero-order valence-corrected chi connectivity index (χ0v) is 14.1. The van der Waals surface area contributed by atoms with Crippen molar-refractivity contribution >= 4 is 28.3 Å².